The quantitative estimate of drug-likeness (QED) is 0.499. The fourth-order valence-electron chi connectivity index (χ4n) is 1.93. The highest BCUT2D eigenvalue weighted by atomic mass is 16.5. The second kappa shape index (κ2) is 6.03. The van der Waals surface area contributed by atoms with E-state index in [1.54, 1.807) is 7.11 Å². The number of ether oxygens (including phenoxy) is 2. The Labute approximate surface area is 91.4 Å². The third-order valence-corrected chi connectivity index (χ3v) is 3.01. The molecule has 1 saturated heterocycles. The van der Waals surface area contributed by atoms with Gasteiger partial charge in [-0.1, -0.05) is 6.08 Å². The minimum absolute atomic E-state index is 0.218. The highest BCUT2D eigenvalue weighted by Crippen LogP contribution is 2.27. The van der Waals surface area contributed by atoms with Crippen molar-refractivity contribution in [1.29, 1.82) is 0 Å². The van der Waals surface area contributed by atoms with Gasteiger partial charge in [-0.25, -0.2) is 0 Å². The molecule has 1 aliphatic rings. The zero-order chi connectivity index (χ0) is 11.1. The van der Waals surface area contributed by atoms with Crippen LogP contribution in [0.25, 0.3) is 0 Å². The Bertz CT molecular complexity index is 217. The normalized spacial score (nSPS) is 19.8. The molecule has 3 heteroatoms. The highest BCUT2D eigenvalue weighted by Gasteiger charge is 2.38. The molecule has 1 heterocycles. The molecule has 0 saturated carbocycles. The van der Waals surface area contributed by atoms with Gasteiger partial charge in [-0.05, 0) is 12.8 Å². The van der Waals surface area contributed by atoms with Crippen LogP contribution < -0.4 is 0 Å². The number of methoxy groups -OCH3 is 1. The lowest BCUT2D eigenvalue weighted by Crippen LogP contribution is -2.45. The van der Waals surface area contributed by atoms with Crippen molar-refractivity contribution in [3.05, 3.63) is 12.7 Å². The number of Topliss-reactive ketones (excluding diaryl/α,β-unsaturated/α-hetero) is 1. The molecule has 0 unspecified atom stereocenters. The van der Waals surface area contributed by atoms with Gasteiger partial charge >= 0.3 is 0 Å². The molecule has 0 aromatic rings. The minimum atomic E-state index is -0.570. The summed E-state index contributed by atoms with van der Waals surface area (Å²) in [6, 6.07) is 0. The van der Waals surface area contributed by atoms with E-state index in [1.165, 1.54) is 0 Å². The van der Waals surface area contributed by atoms with Crippen molar-refractivity contribution in [3.63, 3.8) is 0 Å². The Morgan fingerprint density at radius 3 is 2.73 bits per heavy atom. The highest BCUT2D eigenvalue weighted by molar-refractivity contribution is 5.87. The van der Waals surface area contributed by atoms with Crippen molar-refractivity contribution < 1.29 is 14.3 Å². The molecule has 1 aliphatic heterocycles. The van der Waals surface area contributed by atoms with Crippen LogP contribution in [-0.4, -0.2) is 31.7 Å². The predicted molar refractivity (Wildman–Crippen MR) is 58.8 cm³/mol. The predicted octanol–water partition coefficient (Wildman–Crippen LogP) is 2.11. The van der Waals surface area contributed by atoms with E-state index < -0.39 is 5.60 Å². The van der Waals surface area contributed by atoms with Crippen molar-refractivity contribution >= 4 is 5.78 Å². The van der Waals surface area contributed by atoms with Crippen LogP contribution in [0.5, 0.6) is 0 Å². The van der Waals surface area contributed by atoms with Gasteiger partial charge in [-0.2, -0.15) is 0 Å². The second-order valence-electron chi connectivity index (χ2n) is 3.91. The fraction of sp³-hybridized carbons (Fsp3) is 0.750. The van der Waals surface area contributed by atoms with Crippen LogP contribution in [0.4, 0.5) is 0 Å². The lowest BCUT2D eigenvalue weighted by atomic mass is 9.87. The molecular formula is C12H20O3. The number of hydrogen-bond donors (Lipinski definition) is 0. The number of ketones is 1. The summed E-state index contributed by atoms with van der Waals surface area (Å²) < 4.78 is 10.7. The van der Waals surface area contributed by atoms with Crippen LogP contribution in [0.3, 0.4) is 0 Å². The van der Waals surface area contributed by atoms with Gasteiger partial charge in [0.1, 0.15) is 5.60 Å². The summed E-state index contributed by atoms with van der Waals surface area (Å²) in [6.07, 6.45) is 5.57. The molecule has 1 fully saturated rings. The topological polar surface area (TPSA) is 35.5 Å². The number of unbranched alkanes of at least 4 members (excludes halogenated alkanes) is 1. The van der Waals surface area contributed by atoms with Crippen LogP contribution in [-0.2, 0) is 14.3 Å². The Kier molecular flexibility index (Phi) is 4.99. The number of carbonyl (C=O) groups is 1. The fourth-order valence-corrected chi connectivity index (χ4v) is 1.93. The zero-order valence-corrected chi connectivity index (χ0v) is 9.46. The van der Waals surface area contributed by atoms with Gasteiger partial charge in [0.15, 0.2) is 5.78 Å². The average Bonchev–Trinajstić information content (AvgIpc) is 2.30. The van der Waals surface area contributed by atoms with E-state index in [2.05, 4.69) is 6.58 Å². The molecular weight excluding hydrogens is 192 g/mol. The van der Waals surface area contributed by atoms with Crippen molar-refractivity contribution in [3.8, 4) is 0 Å². The Morgan fingerprint density at radius 2 is 2.20 bits per heavy atom. The second-order valence-corrected chi connectivity index (χ2v) is 3.91. The van der Waals surface area contributed by atoms with Crippen molar-refractivity contribution in [2.45, 2.75) is 37.7 Å². The maximum Gasteiger partial charge on any atom is 0.164 e. The monoisotopic (exact) mass is 212 g/mol. The van der Waals surface area contributed by atoms with E-state index in [0.29, 0.717) is 32.5 Å². The first-order chi connectivity index (χ1) is 7.25. The summed E-state index contributed by atoms with van der Waals surface area (Å²) in [7, 11) is 1.62. The van der Waals surface area contributed by atoms with Gasteiger partial charge in [0.05, 0.1) is 0 Å². The summed E-state index contributed by atoms with van der Waals surface area (Å²) in [4.78, 5) is 12.0. The molecule has 86 valence electrons. The van der Waals surface area contributed by atoms with E-state index in [4.69, 9.17) is 9.47 Å². The first kappa shape index (κ1) is 12.4. The average molecular weight is 212 g/mol. The maximum atomic E-state index is 12.0. The van der Waals surface area contributed by atoms with Gasteiger partial charge in [0, 0.05) is 39.6 Å². The molecule has 0 aliphatic carbocycles. The summed E-state index contributed by atoms with van der Waals surface area (Å²) in [5, 5.41) is 0. The molecule has 0 aromatic carbocycles. The van der Waals surface area contributed by atoms with E-state index >= 15 is 0 Å². The van der Waals surface area contributed by atoms with Crippen LogP contribution in [0, 0.1) is 0 Å². The van der Waals surface area contributed by atoms with E-state index in [0.717, 1.165) is 12.8 Å². The Hall–Kier alpha value is -0.670. The molecule has 0 N–H and O–H groups in total. The number of allylic oxidation sites excluding steroid dienone is 1. The van der Waals surface area contributed by atoms with Gasteiger partial charge < -0.3 is 9.47 Å². The molecule has 0 spiro atoms. The molecule has 0 amide bonds. The van der Waals surface area contributed by atoms with Gasteiger partial charge in [-0.15, -0.1) is 6.58 Å². The Balaban J connectivity index is 2.48. The minimum Gasteiger partial charge on any atom is -0.381 e. The summed E-state index contributed by atoms with van der Waals surface area (Å²) in [5.41, 5.74) is -0.570. The van der Waals surface area contributed by atoms with Crippen LogP contribution >= 0.6 is 0 Å². The molecule has 3 nitrogen and oxygen atoms in total. The molecule has 0 bridgehead atoms. The molecule has 15 heavy (non-hydrogen) atoms. The van der Waals surface area contributed by atoms with Crippen molar-refractivity contribution in [2.75, 3.05) is 20.3 Å². The number of carbonyl (C=O) groups excluding carboxylic acids is 1. The standard InChI is InChI=1S/C12H20O3/c1-3-4-5-6-11(13)12(14-2)7-9-15-10-8-12/h3H,1,4-10H2,2H3. The number of hydrogen-bond acceptors (Lipinski definition) is 3. The first-order valence-electron chi connectivity index (χ1n) is 5.52. The first-order valence-corrected chi connectivity index (χ1v) is 5.52. The summed E-state index contributed by atoms with van der Waals surface area (Å²) >= 11 is 0. The molecule has 1 rings (SSSR count). The summed E-state index contributed by atoms with van der Waals surface area (Å²) in [6.45, 7) is 4.90. The van der Waals surface area contributed by atoms with E-state index in [9.17, 15) is 4.79 Å². The van der Waals surface area contributed by atoms with Crippen LogP contribution in [0.1, 0.15) is 32.1 Å². The van der Waals surface area contributed by atoms with E-state index in [-0.39, 0.29) is 5.78 Å². The lowest BCUT2D eigenvalue weighted by Gasteiger charge is -2.34. The van der Waals surface area contributed by atoms with Crippen LogP contribution in [0.2, 0.25) is 0 Å². The molecule has 0 radical (unpaired) electrons. The largest absolute Gasteiger partial charge is 0.381 e. The molecule has 0 atom stereocenters. The van der Waals surface area contributed by atoms with Gasteiger partial charge in [-0.3, -0.25) is 4.79 Å². The van der Waals surface area contributed by atoms with Gasteiger partial charge in [0.2, 0.25) is 0 Å². The number of rotatable bonds is 6. The molecule has 0 aromatic heterocycles. The lowest BCUT2D eigenvalue weighted by molar-refractivity contribution is -0.152. The van der Waals surface area contributed by atoms with Crippen molar-refractivity contribution in [2.24, 2.45) is 0 Å². The maximum absolute atomic E-state index is 12.0. The Morgan fingerprint density at radius 1 is 1.53 bits per heavy atom. The smallest absolute Gasteiger partial charge is 0.164 e. The summed E-state index contributed by atoms with van der Waals surface area (Å²) in [5.74, 6) is 0.218. The van der Waals surface area contributed by atoms with Crippen LogP contribution in [0.15, 0.2) is 12.7 Å². The zero-order valence-electron chi connectivity index (χ0n) is 9.46. The van der Waals surface area contributed by atoms with Gasteiger partial charge in [0.25, 0.3) is 0 Å². The SMILES string of the molecule is C=CCCCC(=O)C1(OC)CCOCC1. The third kappa shape index (κ3) is 3.14. The van der Waals surface area contributed by atoms with E-state index in [1.807, 2.05) is 6.08 Å². The van der Waals surface area contributed by atoms with Crippen molar-refractivity contribution in [1.82, 2.24) is 0 Å². The third-order valence-electron chi connectivity index (χ3n) is 3.01.